The minimum atomic E-state index is -1.49. The molecule has 5 rings (SSSR count). The largest absolute Gasteiger partial charge is 0.460 e. The summed E-state index contributed by atoms with van der Waals surface area (Å²) in [5, 5.41) is 15.2. The zero-order valence-electron chi connectivity index (χ0n) is 24.9. The Hall–Kier alpha value is -3.50. The molecule has 218 valence electrons. The van der Waals surface area contributed by atoms with E-state index in [1.54, 1.807) is 17.6 Å². The van der Waals surface area contributed by atoms with Crippen LogP contribution in [0.1, 0.15) is 62.8 Å². The van der Waals surface area contributed by atoms with Crippen LogP contribution in [-0.4, -0.2) is 40.4 Å². The summed E-state index contributed by atoms with van der Waals surface area (Å²) in [7, 11) is -1.43. The number of cyclic esters (lactones) is 1. The summed E-state index contributed by atoms with van der Waals surface area (Å²) in [6, 6.07) is 8.47. The number of aliphatic hydroxyl groups is 1. The van der Waals surface area contributed by atoms with Gasteiger partial charge in [0, 0.05) is 24.7 Å². The molecule has 2 aliphatic rings. The van der Waals surface area contributed by atoms with Crippen LogP contribution in [0.15, 0.2) is 29.1 Å². The number of amides is 1. The maximum atomic E-state index is 13.8. The Labute approximate surface area is 240 Å². The van der Waals surface area contributed by atoms with Gasteiger partial charge >= 0.3 is 12.1 Å². The lowest BCUT2D eigenvalue weighted by atomic mass is 9.85. The SMILES string of the molecule is CCC1(O)CC(=O)OCc2c1cc1n(c2=O)Cc2c-1nc1ccc(NC(=O)OC(C)(C)C)cc1c2CC[Si](C)(C)C. The van der Waals surface area contributed by atoms with Crippen molar-refractivity contribution in [3.05, 3.63) is 56.9 Å². The molecular formula is C31H39N3O6Si. The number of rotatable bonds is 5. The number of esters is 1. The number of fused-ring (bicyclic) bond motifs is 5. The highest BCUT2D eigenvalue weighted by molar-refractivity contribution is 6.76. The van der Waals surface area contributed by atoms with Gasteiger partial charge in [-0.25, -0.2) is 9.78 Å². The zero-order chi connectivity index (χ0) is 29.9. The van der Waals surface area contributed by atoms with E-state index in [-0.39, 0.29) is 25.0 Å². The molecular weight excluding hydrogens is 538 g/mol. The van der Waals surface area contributed by atoms with Gasteiger partial charge in [-0.2, -0.15) is 0 Å². The van der Waals surface area contributed by atoms with Crippen LogP contribution in [0, 0.1) is 0 Å². The Morgan fingerprint density at radius 1 is 1.20 bits per heavy atom. The van der Waals surface area contributed by atoms with E-state index in [9.17, 15) is 19.5 Å². The van der Waals surface area contributed by atoms with Crippen LogP contribution in [0.2, 0.25) is 25.7 Å². The number of nitrogens with zero attached hydrogens (tertiary/aromatic N) is 2. The number of aryl methyl sites for hydroxylation is 1. The van der Waals surface area contributed by atoms with E-state index in [4.69, 9.17) is 14.5 Å². The van der Waals surface area contributed by atoms with E-state index in [1.165, 1.54) is 0 Å². The highest BCUT2D eigenvalue weighted by Gasteiger charge is 2.40. The summed E-state index contributed by atoms with van der Waals surface area (Å²) in [5.41, 5.74) is 3.17. The second kappa shape index (κ2) is 10.1. The highest BCUT2D eigenvalue weighted by atomic mass is 28.3. The van der Waals surface area contributed by atoms with Crippen LogP contribution in [-0.2, 0) is 39.4 Å². The monoisotopic (exact) mass is 577 g/mol. The van der Waals surface area contributed by atoms with Gasteiger partial charge in [0.05, 0.1) is 35.4 Å². The van der Waals surface area contributed by atoms with Crippen LogP contribution in [0.4, 0.5) is 10.5 Å². The molecule has 10 heteroatoms. The van der Waals surface area contributed by atoms with Gasteiger partial charge in [-0.15, -0.1) is 0 Å². The van der Waals surface area contributed by atoms with Crippen LogP contribution in [0.5, 0.6) is 0 Å². The normalized spacial score (nSPS) is 18.3. The number of hydrogen-bond acceptors (Lipinski definition) is 7. The first kappa shape index (κ1) is 29.0. The molecule has 0 saturated carbocycles. The summed E-state index contributed by atoms with van der Waals surface area (Å²) in [5.74, 6) is -0.524. The van der Waals surface area contributed by atoms with Crippen LogP contribution < -0.4 is 10.9 Å². The van der Waals surface area contributed by atoms with Gasteiger partial charge in [-0.1, -0.05) is 32.6 Å². The van der Waals surface area contributed by atoms with Gasteiger partial charge in [0.25, 0.3) is 5.56 Å². The Kier molecular flexibility index (Phi) is 7.14. The fourth-order valence-corrected chi connectivity index (χ4v) is 6.64. The first-order valence-electron chi connectivity index (χ1n) is 14.2. The third kappa shape index (κ3) is 5.67. The average molecular weight is 578 g/mol. The van der Waals surface area contributed by atoms with Crippen LogP contribution >= 0.6 is 0 Å². The third-order valence-electron chi connectivity index (χ3n) is 7.83. The van der Waals surface area contributed by atoms with Crippen molar-refractivity contribution in [1.82, 2.24) is 9.55 Å². The molecule has 2 aliphatic heterocycles. The number of hydrogen-bond donors (Lipinski definition) is 2. The molecule has 0 radical (unpaired) electrons. The lowest BCUT2D eigenvalue weighted by Gasteiger charge is -2.26. The molecule has 0 spiro atoms. The molecule has 0 fully saturated rings. The van der Waals surface area contributed by atoms with Crippen molar-refractivity contribution < 1.29 is 24.2 Å². The number of aromatic nitrogens is 2. The van der Waals surface area contributed by atoms with E-state index in [0.717, 1.165) is 34.5 Å². The van der Waals surface area contributed by atoms with Crippen molar-refractivity contribution in [3.63, 3.8) is 0 Å². The molecule has 41 heavy (non-hydrogen) atoms. The minimum absolute atomic E-state index is 0.163. The molecule has 1 unspecified atom stereocenters. The summed E-state index contributed by atoms with van der Waals surface area (Å²) in [4.78, 5) is 43.6. The molecule has 0 aliphatic carbocycles. The van der Waals surface area contributed by atoms with Gasteiger partial charge in [0.15, 0.2) is 0 Å². The summed E-state index contributed by atoms with van der Waals surface area (Å²) < 4.78 is 12.4. The van der Waals surface area contributed by atoms with E-state index >= 15 is 0 Å². The van der Waals surface area contributed by atoms with Gasteiger partial charge in [-0.05, 0) is 69.0 Å². The Morgan fingerprint density at radius 2 is 1.93 bits per heavy atom. The predicted molar refractivity (Wildman–Crippen MR) is 161 cm³/mol. The Morgan fingerprint density at radius 3 is 2.59 bits per heavy atom. The van der Waals surface area contributed by atoms with Gasteiger partial charge < -0.3 is 19.1 Å². The van der Waals surface area contributed by atoms with E-state index in [0.29, 0.717) is 34.7 Å². The van der Waals surface area contributed by atoms with Gasteiger partial charge in [0.1, 0.15) is 17.8 Å². The number of ether oxygens (including phenoxy) is 2. The smallest absolute Gasteiger partial charge is 0.412 e. The first-order valence-corrected chi connectivity index (χ1v) is 17.9. The van der Waals surface area contributed by atoms with Crippen LogP contribution in [0.3, 0.4) is 0 Å². The van der Waals surface area contributed by atoms with Crippen molar-refractivity contribution in [3.8, 4) is 11.4 Å². The lowest BCUT2D eigenvalue weighted by Crippen LogP contribution is -2.32. The van der Waals surface area contributed by atoms with Crippen molar-refractivity contribution in [2.75, 3.05) is 5.32 Å². The summed E-state index contributed by atoms with van der Waals surface area (Å²) >= 11 is 0. The third-order valence-corrected chi connectivity index (χ3v) is 9.58. The zero-order valence-corrected chi connectivity index (χ0v) is 25.9. The molecule has 9 nitrogen and oxygen atoms in total. The number of nitrogens with one attached hydrogen (secondary N) is 1. The standard InChI is InChI=1S/C31H39N3O6Si/c1-8-31(38)15-26(35)39-17-22-23(31)14-25-27-21(16-34(25)28(22)36)19(11-12-41(5,6)7)20-13-18(9-10-24(20)33-27)32-29(37)40-30(2,3)4/h9-10,13-14,38H,8,11-12,15-17H2,1-7H3,(H,32,37). The maximum absolute atomic E-state index is 13.8. The van der Waals surface area contributed by atoms with Crippen molar-refractivity contribution in [2.24, 2.45) is 0 Å². The maximum Gasteiger partial charge on any atom is 0.412 e. The van der Waals surface area contributed by atoms with E-state index < -0.39 is 31.3 Å². The predicted octanol–water partition coefficient (Wildman–Crippen LogP) is 5.70. The molecule has 1 aromatic carbocycles. The molecule has 2 N–H and O–H groups in total. The molecule has 2 aromatic heterocycles. The molecule has 0 bridgehead atoms. The summed E-state index contributed by atoms with van der Waals surface area (Å²) in [6.07, 6.45) is 0.350. The second-order valence-electron chi connectivity index (χ2n) is 13.4. The van der Waals surface area contributed by atoms with Crippen molar-refractivity contribution in [2.45, 2.75) is 97.0 Å². The molecule has 0 saturated heterocycles. The number of carbonyl (C=O) groups is 2. The summed E-state index contributed by atoms with van der Waals surface area (Å²) in [6.45, 7) is 14.4. The van der Waals surface area contributed by atoms with E-state index in [1.807, 2.05) is 39.0 Å². The minimum Gasteiger partial charge on any atom is -0.460 e. The number of benzene rings is 1. The lowest BCUT2D eigenvalue weighted by molar-refractivity contribution is -0.149. The van der Waals surface area contributed by atoms with E-state index in [2.05, 4.69) is 25.0 Å². The van der Waals surface area contributed by atoms with Crippen LogP contribution in [0.25, 0.3) is 22.3 Å². The number of pyridine rings is 2. The first-order chi connectivity index (χ1) is 19.1. The fraction of sp³-hybridized carbons (Fsp3) is 0.484. The molecule has 4 heterocycles. The average Bonchev–Trinajstić information content (AvgIpc) is 3.16. The van der Waals surface area contributed by atoms with Crippen molar-refractivity contribution in [1.29, 1.82) is 0 Å². The number of anilines is 1. The molecule has 1 atom stereocenters. The molecule has 1 amide bonds. The molecule has 3 aromatic rings. The fourth-order valence-electron chi connectivity index (χ4n) is 5.64. The van der Waals surface area contributed by atoms with Crippen molar-refractivity contribution >= 4 is 36.7 Å². The van der Waals surface area contributed by atoms with Gasteiger partial charge in [-0.3, -0.25) is 14.9 Å². The highest BCUT2D eigenvalue weighted by Crippen LogP contribution is 2.41. The Balaban J connectivity index is 1.67. The Bertz CT molecular complexity index is 1630. The quantitative estimate of drug-likeness (QED) is 0.231. The topological polar surface area (TPSA) is 120 Å². The van der Waals surface area contributed by atoms with Gasteiger partial charge in [0.2, 0.25) is 0 Å². The number of carbonyl (C=O) groups excluding carboxylic acids is 2. The second-order valence-corrected chi connectivity index (χ2v) is 19.0.